The van der Waals surface area contributed by atoms with E-state index in [9.17, 15) is 4.79 Å². The van der Waals surface area contributed by atoms with Crippen LogP contribution in [-0.2, 0) is 0 Å². The van der Waals surface area contributed by atoms with E-state index in [1.807, 2.05) is 6.07 Å². The third-order valence-electron chi connectivity index (χ3n) is 1.66. The van der Waals surface area contributed by atoms with Crippen molar-refractivity contribution < 1.29 is 6.22 Å². The van der Waals surface area contributed by atoms with E-state index in [1.54, 1.807) is 12.4 Å². The minimum atomic E-state index is -0.118. The average molecular weight is 504 g/mol. The molecule has 2 heterocycles. The minimum absolute atomic E-state index is 0. The van der Waals surface area contributed by atoms with Crippen LogP contribution >= 0.6 is 47.8 Å². The molecule has 0 N–H and O–H groups in total. The van der Waals surface area contributed by atoms with E-state index in [2.05, 4.69) is 73.6 Å². The molecule has 0 aliphatic carbocycles. The van der Waals surface area contributed by atoms with Crippen LogP contribution in [0.15, 0.2) is 33.7 Å². The molecule has 0 aliphatic rings. The van der Waals surface area contributed by atoms with E-state index in [4.69, 9.17) is 5.26 Å². The van der Waals surface area contributed by atoms with Crippen LogP contribution < -0.4 is 0 Å². The Bertz CT molecular complexity index is 608. The van der Waals surface area contributed by atoms with Gasteiger partial charge in [0, 0.05) is 31.7 Å². The summed E-state index contributed by atoms with van der Waals surface area (Å²) < 4.78 is 1.55. The Morgan fingerprint density at radius 2 is 1.45 bits per heavy atom. The predicted octanol–water partition coefficient (Wildman–Crippen LogP) is 3.46. The van der Waals surface area contributed by atoms with Gasteiger partial charge in [0.1, 0.15) is 6.07 Å². The molecule has 2 rings (SSSR count). The average Bonchev–Trinajstić information content (AvgIpc) is 2.51. The third-order valence-corrected chi connectivity index (χ3v) is 2.47. The summed E-state index contributed by atoms with van der Waals surface area (Å²) >= 11 is 8.99. The number of carbonyl (C=O) groups is 1. The van der Waals surface area contributed by atoms with Crippen molar-refractivity contribution in [3.05, 3.63) is 51.2 Å². The number of carbonyl (C=O) groups excluding carboxylic acids is 1. The van der Waals surface area contributed by atoms with E-state index < -0.39 is 0 Å². The number of Topliss-reactive ketones (excluding diaryl/α,β-unsaturated/α-hetero) is 1. The fourth-order valence-corrected chi connectivity index (χ4v) is 1.27. The van der Waals surface area contributed by atoms with Crippen molar-refractivity contribution in [1.82, 2.24) is 19.9 Å². The van der Waals surface area contributed by atoms with Crippen LogP contribution in [0, 0.1) is 17.2 Å². The monoisotopic (exact) mass is 501 g/mol. The number of nitriles is 1. The summed E-state index contributed by atoms with van der Waals surface area (Å²) in [6, 6.07) is 1.81. The molecule has 0 amide bonds. The largest absolute Gasteiger partial charge is 2.00 e. The van der Waals surface area contributed by atoms with Gasteiger partial charge in [0.2, 0.25) is 5.82 Å². The minimum Gasteiger partial charge on any atom is -1.00 e. The Labute approximate surface area is 171 Å². The summed E-state index contributed by atoms with van der Waals surface area (Å²) in [7, 11) is 0. The molecule has 0 aromatic carbocycles. The van der Waals surface area contributed by atoms with Crippen molar-refractivity contribution in [1.29, 1.82) is 5.26 Å². The van der Waals surface area contributed by atoms with Gasteiger partial charge in [-0.15, -0.1) is 0 Å². The van der Waals surface area contributed by atoms with E-state index in [0.29, 0.717) is 0 Å². The Kier molecular flexibility index (Phi) is 15.3. The molecule has 2 aromatic heterocycles. The Morgan fingerprint density at radius 3 is 1.77 bits per heavy atom. The van der Waals surface area contributed by atoms with Gasteiger partial charge in [0.05, 0.1) is 8.95 Å². The predicted molar refractivity (Wildman–Crippen MR) is 95.3 cm³/mol. The zero-order valence-electron chi connectivity index (χ0n) is 12.5. The van der Waals surface area contributed by atoms with Crippen molar-refractivity contribution in [3.8, 4) is 6.07 Å². The van der Waals surface area contributed by atoms with Crippen molar-refractivity contribution in [2.24, 2.45) is 0 Å². The van der Waals surface area contributed by atoms with Crippen molar-refractivity contribution in [2.75, 3.05) is 0 Å². The first-order valence-electron chi connectivity index (χ1n) is 5.15. The maximum absolute atomic E-state index is 10.6. The second-order valence-corrected chi connectivity index (χ2v) is 4.95. The van der Waals surface area contributed by atoms with Gasteiger partial charge in [-0.3, -0.25) is 10.6 Å². The number of halogens is 3. The molecule has 0 unspecified atom stereocenters. The second kappa shape index (κ2) is 14.1. The molecular formula is C12H10Br3MgN5O. The molecule has 0 bridgehead atoms. The number of nitrogens with zero attached hydrogens (tertiary/aromatic N) is 5. The smallest absolute Gasteiger partial charge is 1.00 e. The second-order valence-electron chi connectivity index (χ2n) is 3.12. The summed E-state index contributed by atoms with van der Waals surface area (Å²) in [5.74, 6) is 3.39. The number of ketones is 1. The van der Waals surface area contributed by atoms with Crippen molar-refractivity contribution >= 4 is 76.6 Å². The molecule has 0 saturated heterocycles. The number of hydrogen-bond donors (Lipinski definition) is 0. The van der Waals surface area contributed by atoms with Gasteiger partial charge in [-0.2, -0.15) is 5.26 Å². The summed E-state index contributed by atoms with van der Waals surface area (Å²) in [5, 5.41) is 8.24. The van der Waals surface area contributed by atoms with E-state index in [1.165, 1.54) is 19.3 Å². The van der Waals surface area contributed by atoms with Gasteiger partial charge >= 0.3 is 23.1 Å². The van der Waals surface area contributed by atoms with Crippen LogP contribution in [0.5, 0.6) is 0 Å². The molecule has 0 fully saturated rings. The zero-order chi connectivity index (χ0) is 16.3. The van der Waals surface area contributed by atoms with Crippen LogP contribution in [0.4, 0.5) is 0 Å². The Hall–Kier alpha value is -0.474. The molecule has 0 atom stereocenters. The first kappa shape index (κ1) is 23.8. The van der Waals surface area contributed by atoms with Crippen LogP contribution in [0.3, 0.4) is 0 Å². The molecule has 0 spiro atoms. The zero-order valence-corrected chi connectivity index (χ0v) is 17.7. The van der Waals surface area contributed by atoms with Gasteiger partial charge < -0.3 is 17.4 Å². The standard InChI is InChI=1S/C6H5BrN2O.C5H2BrN3.CH2Br.Mg.H/c1-4(10)6-8-2-5(7)3-9-6;6-4-2-8-5(1-7)9-3-4;1-2;;/h2-3H,1H3;2-3H;1H2;;/q;;-1;+2;-1. The van der Waals surface area contributed by atoms with Crippen molar-refractivity contribution in [2.45, 2.75) is 6.92 Å². The third kappa shape index (κ3) is 10.3. The van der Waals surface area contributed by atoms with E-state index >= 15 is 0 Å². The van der Waals surface area contributed by atoms with Crippen LogP contribution in [0.25, 0.3) is 0 Å². The van der Waals surface area contributed by atoms with Gasteiger partial charge in [0.25, 0.3) is 0 Å². The van der Waals surface area contributed by atoms with Gasteiger partial charge in [-0.1, -0.05) is 0 Å². The van der Waals surface area contributed by atoms with Crippen molar-refractivity contribution in [3.63, 3.8) is 0 Å². The fourth-order valence-electron chi connectivity index (χ4n) is 0.864. The molecule has 0 saturated carbocycles. The van der Waals surface area contributed by atoms with Gasteiger partial charge in [-0.05, 0) is 31.9 Å². The topological polar surface area (TPSA) is 92.4 Å². The molecule has 2 aromatic rings. The molecular weight excluding hydrogens is 494 g/mol. The summed E-state index contributed by atoms with van der Waals surface area (Å²) in [6.45, 7) is 1.43. The van der Waals surface area contributed by atoms with E-state index in [-0.39, 0.29) is 41.9 Å². The Balaban J connectivity index is -0.000000292. The van der Waals surface area contributed by atoms with Crippen LogP contribution in [0.1, 0.15) is 24.8 Å². The summed E-state index contributed by atoms with van der Waals surface area (Å²) in [4.78, 5) is 25.5. The summed E-state index contributed by atoms with van der Waals surface area (Å²) in [5.41, 5.74) is 0. The molecule has 6 nitrogen and oxygen atoms in total. The molecule has 112 valence electrons. The number of aromatic nitrogens is 4. The van der Waals surface area contributed by atoms with Gasteiger partial charge in [-0.25, -0.2) is 19.9 Å². The van der Waals surface area contributed by atoms with E-state index in [0.717, 1.165) is 8.95 Å². The first-order valence-corrected chi connectivity index (χ1v) is 7.86. The van der Waals surface area contributed by atoms with Crippen LogP contribution in [-0.4, -0.2) is 48.8 Å². The fraction of sp³-hybridized carbons (Fsp3) is 0.0833. The number of rotatable bonds is 1. The Morgan fingerprint density at radius 1 is 1.09 bits per heavy atom. The molecule has 0 radical (unpaired) electrons. The quantitative estimate of drug-likeness (QED) is 0.336. The maximum Gasteiger partial charge on any atom is 2.00 e. The molecule has 10 heteroatoms. The summed E-state index contributed by atoms with van der Waals surface area (Å²) in [6.07, 6.45) is 6.16. The molecule has 0 aliphatic heterocycles. The normalized spacial score (nSPS) is 8.00. The first-order chi connectivity index (χ1) is 10.0. The molecule has 22 heavy (non-hydrogen) atoms. The SMILES string of the molecule is CC(=O)c1ncc(Br)cn1.N#Cc1ncc(Br)cn1.[CH2-]Br.[H-].[Mg+2]. The van der Waals surface area contributed by atoms with Crippen LogP contribution in [0.2, 0.25) is 0 Å². The van der Waals surface area contributed by atoms with Gasteiger partial charge in [0.15, 0.2) is 11.6 Å². The number of hydrogen-bond acceptors (Lipinski definition) is 6. The maximum atomic E-state index is 10.6.